The molecule has 0 aromatic heterocycles. The van der Waals surface area contributed by atoms with Gasteiger partial charge in [-0.25, -0.2) is 4.39 Å². The van der Waals surface area contributed by atoms with E-state index in [1.807, 2.05) is 6.07 Å². The Morgan fingerprint density at radius 3 is 2.71 bits per heavy atom. The number of hydrogen-bond acceptors (Lipinski definition) is 4. The lowest BCUT2D eigenvalue weighted by atomic mass is 10.1. The van der Waals surface area contributed by atoms with Crippen molar-refractivity contribution in [2.24, 2.45) is 0 Å². The second-order valence-electron chi connectivity index (χ2n) is 4.21. The lowest BCUT2D eigenvalue weighted by Gasteiger charge is -2.10. The zero-order valence-corrected chi connectivity index (χ0v) is 11.2. The quantitative estimate of drug-likeness (QED) is 0.848. The van der Waals surface area contributed by atoms with E-state index in [4.69, 9.17) is 15.7 Å². The van der Waals surface area contributed by atoms with Gasteiger partial charge in [0.2, 0.25) is 0 Å². The minimum atomic E-state index is -0.548. The molecule has 2 rings (SSSR count). The molecule has 0 bridgehead atoms. The molecule has 0 aliphatic carbocycles. The molecule has 2 aromatic rings. The first kappa shape index (κ1) is 14.3. The summed E-state index contributed by atoms with van der Waals surface area (Å²) in [6.07, 6.45) is 0. The summed E-state index contributed by atoms with van der Waals surface area (Å²) in [7, 11) is 1.49. The third-order valence-electron chi connectivity index (χ3n) is 2.85. The molecule has 3 N–H and O–H groups in total. The number of methoxy groups -OCH3 is 1. The van der Waals surface area contributed by atoms with Crippen molar-refractivity contribution in [3.05, 3.63) is 53.3 Å². The van der Waals surface area contributed by atoms with Gasteiger partial charge in [-0.3, -0.25) is 4.79 Å². The number of nitrogens with two attached hydrogens (primary N) is 1. The molecule has 0 fully saturated rings. The summed E-state index contributed by atoms with van der Waals surface area (Å²) in [6, 6.07) is 9.98. The van der Waals surface area contributed by atoms with Crippen LogP contribution in [0.2, 0.25) is 0 Å². The molecule has 0 atom stereocenters. The van der Waals surface area contributed by atoms with Gasteiger partial charge < -0.3 is 15.8 Å². The molecule has 0 aliphatic rings. The average Bonchev–Trinajstić information content (AvgIpc) is 2.48. The molecule has 6 heteroatoms. The highest BCUT2D eigenvalue weighted by atomic mass is 19.1. The monoisotopic (exact) mass is 285 g/mol. The van der Waals surface area contributed by atoms with Gasteiger partial charge in [0.05, 0.1) is 23.9 Å². The molecule has 2 aromatic carbocycles. The molecule has 0 spiro atoms. The number of hydrogen-bond donors (Lipinski definition) is 2. The zero-order valence-electron chi connectivity index (χ0n) is 11.2. The van der Waals surface area contributed by atoms with Crippen molar-refractivity contribution in [1.82, 2.24) is 0 Å². The van der Waals surface area contributed by atoms with Crippen LogP contribution in [0.15, 0.2) is 36.4 Å². The average molecular weight is 285 g/mol. The fourth-order valence-corrected chi connectivity index (χ4v) is 1.78. The highest BCUT2D eigenvalue weighted by Crippen LogP contribution is 2.22. The van der Waals surface area contributed by atoms with Crippen molar-refractivity contribution in [3.63, 3.8) is 0 Å². The summed E-state index contributed by atoms with van der Waals surface area (Å²) in [5.41, 5.74) is 6.52. The largest absolute Gasteiger partial charge is 0.497 e. The van der Waals surface area contributed by atoms with Crippen LogP contribution in [0.4, 0.5) is 15.8 Å². The normalized spacial score (nSPS) is 9.76. The van der Waals surface area contributed by atoms with Crippen LogP contribution in [0.25, 0.3) is 0 Å². The first-order valence-corrected chi connectivity index (χ1v) is 5.99. The second kappa shape index (κ2) is 5.92. The third kappa shape index (κ3) is 3.09. The highest BCUT2D eigenvalue weighted by Gasteiger charge is 2.13. The van der Waals surface area contributed by atoms with Crippen LogP contribution < -0.4 is 15.8 Å². The number of carbonyl (C=O) groups excluding carboxylic acids is 1. The zero-order chi connectivity index (χ0) is 15.4. The number of carbonyl (C=O) groups is 1. The van der Waals surface area contributed by atoms with Gasteiger partial charge >= 0.3 is 0 Å². The Balaban J connectivity index is 2.29. The Morgan fingerprint density at radius 1 is 1.33 bits per heavy atom. The minimum absolute atomic E-state index is 0.0374. The summed E-state index contributed by atoms with van der Waals surface area (Å²) in [5, 5.41) is 11.5. The van der Waals surface area contributed by atoms with Crippen molar-refractivity contribution in [3.8, 4) is 11.8 Å². The molecule has 0 radical (unpaired) electrons. The lowest BCUT2D eigenvalue weighted by molar-refractivity contribution is 0.102. The van der Waals surface area contributed by atoms with Crippen molar-refractivity contribution < 1.29 is 13.9 Å². The topological polar surface area (TPSA) is 88.1 Å². The molecule has 5 nitrogen and oxygen atoms in total. The number of nitrogens with one attached hydrogen (secondary N) is 1. The van der Waals surface area contributed by atoms with Gasteiger partial charge in [-0.05, 0) is 30.3 Å². The smallest absolute Gasteiger partial charge is 0.257 e. The predicted molar refractivity (Wildman–Crippen MR) is 76.5 cm³/mol. The van der Waals surface area contributed by atoms with Crippen LogP contribution in [-0.2, 0) is 0 Å². The number of halogens is 1. The number of nitriles is 1. The van der Waals surface area contributed by atoms with Crippen LogP contribution in [0.5, 0.6) is 5.75 Å². The fraction of sp³-hybridized carbons (Fsp3) is 0.0667. The highest BCUT2D eigenvalue weighted by molar-refractivity contribution is 6.08. The first-order chi connectivity index (χ1) is 10.0. The number of benzene rings is 2. The van der Waals surface area contributed by atoms with Crippen LogP contribution in [-0.4, -0.2) is 13.0 Å². The molecule has 21 heavy (non-hydrogen) atoms. The van der Waals surface area contributed by atoms with Gasteiger partial charge in [-0.2, -0.15) is 5.26 Å². The SMILES string of the molecule is COc1ccc(C(=O)Nc2ccc(F)cc2C#N)c(N)c1. The number of nitrogens with zero attached hydrogens (tertiary/aromatic N) is 1. The summed E-state index contributed by atoms with van der Waals surface area (Å²) < 4.78 is 18.0. The molecule has 0 saturated carbocycles. The lowest BCUT2D eigenvalue weighted by Crippen LogP contribution is -2.15. The van der Waals surface area contributed by atoms with Gasteiger partial charge in [0, 0.05) is 11.8 Å². The van der Waals surface area contributed by atoms with E-state index in [-0.39, 0.29) is 22.5 Å². The van der Waals surface area contributed by atoms with E-state index in [1.54, 1.807) is 6.07 Å². The molecular formula is C15H12FN3O2. The Labute approximate surface area is 120 Å². The summed E-state index contributed by atoms with van der Waals surface area (Å²) >= 11 is 0. The summed E-state index contributed by atoms with van der Waals surface area (Å²) in [6.45, 7) is 0. The Kier molecular flexibility index (Phi) is 4.05. The fourth-order valence-electron chi connectivity index (χ4n) is 1.78. The Morgan fingerprint density at radius 2 is 2.10 bits per heavy atom. The van der Waals surface area contributed by atoms with Crippen molar-refractivity contribution in [1.29, 1.82) is 5.26 Å². The van der Waals surface area contributed by atoms with Crippen LogP contribution in [0.3, 0.4) is 0 Å². The third-order valence-corrected chi connectivity index (χ3v) is 2.85. The van der Waals surface area contributed by atoms with E-state index < -0.39 is 11.7 Å². The van der Waals surface area contributed by atoms with E-state index in [0.717, 1.165) is 12.1 Å². The summed E-state index contributed by atoms with van der Waals surface area (Å²) in [5.74, 6) is -0.504. The number of nitrogen functional groups attached to an aromatic ring is 1. The van der Waals surface area contributed by atoms with Crippen molar-refractivity contribution in [2.45, 2.75) is 0 Å². The Hall–Kier alpha value is -3.07. The van der Waals surface area contributed by atoms with Crippen LogP contribution in [0, 0.1) is 17.1 Å². The number of rotatable bonds is 3. The second-order valence-corrected chi connectivity index (χ2v) is 4.21. The molecule has 0 unspecified atom stereocenters. The van der Waals surface area contributed by atoms with E-state index in [9.17, 15) is 9.18 Å². The molecule has 0 aliphatic heterocycles. The molecule has 0 saturated heterocycles. The molecule has 1 amide bonds. The standard InChI is InChI=1S/C15H12FN3O2/c1-21-11-3-4-12(13(18)7-11)15(20)19-14-5-2-10(16)6-9(14)8-17/h2-7H,18H2,1H3,(H,19,20). The number of amides is 1. The van der Waals surface area contributed by atoms with Crippen molar-refractivity contribution in [2.75, 3.05) is 18.2 Å². The van der Waals surface area contributed by atoms with Gasteiger partial charge in [0.1, 0.15) is 17.6 Å². The van der Waals surface area contributed by atoms with E-state index in [0.29, 0.717) is 5.75 Å². The van der Waals surface area contributed by atoms with E-state index >= 15 is 0 Å². The van der Waals surface area contributed by atoms with Crippen LogP contribution in [0.1, 0.15) is 15.9 Å². The Bertz CT molecular complexity index is 738. The predicted octanol–water partition coefficient (Wildman–Crippen LogP) is 2.54. The van der Waals surface area contributed by atoms with Crippen LogP contribution >= 0.6 is 0 Å². The first-order valence-electron chi connectivity index (χ1n) is 5.99. The van der Waals surface area contributed by atoms with Gasteiger partial charge in [-0.1, -0.05) is 0 Å². The molecule has 0 heterocycles. The molecular weight excluding hydrogens is 273 g/mol. The van der Waals surface area contributed by atoms with Gasteiger partial charge in [-0.15, -0.1) is 0 Å². The maximum atomic E-state index is 13.0. The van der Waals surface area contributed by atoms with E-state index in [2.05, 4.69) is 5.32 Å². The van der Waals surface area contributed by atoms with E-state index in [1.165, 1.54) is 25.3 Å². The minimum Gasteiger partial charge on any atom is -0.497 e. The molecule has 106 valence electrons. The summed E-state index contributed by atoms with van der Waals surface area (Å²) in [4.78, 5) is 12.2. The van der Waals surface area contributed by atoms with Crippen molar-refractivity contribution >= 4 is 17.3 Å². The number of anilines is 2. The van der Waals surface area contributed by atoms with Gasteiger partial charge in [0.25, 0.3) is 5.91 Å². The maximum absolute atomic E-state index is 13.0. The number of ether oxygens (including phenoxy) is 1. The van der Waals surface area contributed by atoms with Gasteiger partial charge in [0.15, 0.2) is 0 Å². The maximum Gasteiger partial charge on any atom is 0.257 e.